The average molecular weight is 385 g/mol. The lowest BCUT2D eigenvalue weighted by Gasteiger charge is -2.19. The molecular formula is C20H19NO7. The van der Waals surface area contributed by atoms with E-state index in [4.69, 9.17) is 18.9 Å². The van der Waals surface area contributed by atoms with Crippen molar-refractivity contribution in [1.29, 1.82) is 0 Å². The highest BCUT2D eigenvalue weighted by molar-refractivity contribution is 6.02. The third-order valence-corrected chi connectivity index (χ3v) is 4.36. The van der Waals surface area contributed by atoms with Crippen molar-refractivity contribution in [3.05, 3.63) is 41.5 Å². The summed E-state index contributed by atoms with van der Waals surface area (Å²) in [5.41, 5.74) is 0.840. The van der Waals surface area contributed by atoms with E-state index >= 15 is 0 Å². The zero-order valence-electron chi connectivity index (χ0n) is 15.0. The predicted molar refractivity (Wildman–Crippen MR) is 98.8 cm³/mol. The molecule has 2 aromatic rings. The number of carbonyl (C=O) groups is 2. The smallest absolute Gasteiger partial charge is 0.337 e. The number of benzene rings is 2. The molecule has 146 valence electrons. The monoisotopic (exact) mass is 385 g/mol. The lowest BCUT2D eigenvalue weighted by atomic mass is 10.1. The topological polar surface area (TPSA) is 103 Å². The summed E-state index contributed by atoms with van der Waals surface area (Å²) in [4.78, 5) is 24.1. The first-order valence-corrected chi connectivity index (χ1v) is 8.95. The summed E-state index contributed by atoms with van der Waals surface area (Å²) in [6.45, 7) is 1.86. The van der Waals surface area contributed by atoms with E-state index in [0.29, 0.717) is 55.8 Å². The minimum absolute atomic E-state index is 0.0558. The van der Waals surface area contributed by atoms with Crippen molar-refractivity contribution in [3.8, 4) is 23.0 Å². The molecule has 0 saturated heterocycles. The largest absolute Gasteiger partial charge is 0.490 e. The zero-order valence-corrected chi connectivity index (χ0v) is 15.0. The molecule has 4 rings (SSSR count). The summed E-state index contributed by atoms with van der Waals surface area (Å²) in [5, 5.41) is 12.2. The van der Waals surface area contributed by atoms with E-state index in [1.165, 1.54) is 12.1 Å². The van der Waals surface area contributed by atoms with Crippen LogP contribution in [0.5, 0.6) is 23.0 Å². The highest BCUT2D eigenvalue weighted by Crippen LogP contribution is 2.36. The predicted octanol–water partition coefficient (Wildman–Crippen LogP) is 2.50. The fourth-order valence-electron chi connectivity index (χ4n) is 3.07. The van der Waals surface area contributed by atoms with Crippen LogP contribution in [-0.2, 0) is 11.2 Å². The van der Waals surface area contributed by atoms with Crippen LogP contribution in [0.1, 0.15) is 22.3 Å². The normalized spacial score (nSPS) is 14.7. The van der Waals surface area contributed by atoms with Gasteiger partial charge in [-0.2, -0.15) is 0 Å². The van der Waals surface area contributed by atoms with Gasteiger partial charge in [0.25, 0.3) is 0 Å². The molecule has 8 heteroatoms. The highest BCUT2D eigenvalue weighted by Gasteiger charge is 2.20. The van der Waals surface area contributed by atoms with Gasteiger partial charge in [0.1, 0.15) is 13.2 Å². The summed E-state index contributed by atoms with van der Waals surface area (Å²) in [5.74, 6) is 0.501. The first-order chi connectivity index (χ1) is 13.6. The van der Waals surface area contributed by atoms with Gasteiger partial charge in [0, 0.05) is 18.6 Å². The lowest BCUT2D eigenvalue weighted by Crippen LogP contribution is -2.18. The van der Waals surface area contributed by atoms with Crippen molar-refractivity contribution in [2.45, 2.75) is 12.8 Å². The number of hydrogen-bond donors (Lipinski definition) is 2. The van der Waals surface area contributed by atoms with Crippen molar-refractivity contribution in [2.24, 2.45) is 0 Å². The molecule has 0 bridgehead atoms. The number of hydrogen-bond acceptors (Lipinski definition) is 6. The third-order valence-electron chi connectivity index (χ3n) is 4.36. The Morgan fingerprint density at radius 1 is 0.857 bits per heavy atom. The number of fused-ring (bicyclic) bond motifs is 2. The number of nitrogens with one attached hydrogen (secondary N) is 1. The number of carboxylic acids is 1. The molecule has 8 nitrogen and oxygen atoms in total. The Balaban J connectivity index is 1.53. The van der Waals surface area contributed by atoms with Crippen molar-refractivity contribution >= 4 is 17.6 Å². The summed E-state index contributed by atoms with van der Waals surface area (Å²) >= 11 is 0. The Labute approximate surface area is 161 Å². The zero-order chi connectivity index (χ0) is 19.5. The molecule has 2 aromatic carbocycles. The molecule has 0 unspecified atom stereocenters. The van der Waals surface area contributed by atoms with E-state index in [9.17, 15) is 14.7 Å². The summed E-state index contributed by atoms with van der Waals surface area (Å²) in [7, 11) is 0. The standard InChI is InChI=1S/C20H19NO7/c22-19(9-12-2-3-15-16(8-12)28-7-6-27-15)21-14-11-18-17(10-13(14)20(23)24)25-4-1-5-26-18/h2-3,8,10-11H,1,4-7,9H2,(H,21,22)(H,23,24). The van der Waals surface area contributed by atoms with Gasteiger partial charge in [-0.15, -0.1) is 0 Å². The van der Waals surface area contributed by atoms with Gasteiger partial charge in [0.2, 0.25) is 5.91 Å². The van der Waals surface area contributed by atoms with Gasteiger partial charge in [-0.1, -0.05) is 6.07 Å². The molecule has 1 amide bonds. The summed E-state index contributed by atoms with van der Waals surface area (Å²) < 4.78 is 22.1. The van der Waals surface area contributed by atoms with Gasteiger partial charge < -0.3 is 29.4 Å². The Morgan fingerprint density at radius 3 is 2.25 bits per heavy atom. The number of amides is 1. The van der Waals surface area contributed by atoms with Gasteiger partial charge in [0.15, 0.2) is 23.0 Å². The second kappa shape index (κ2) is 7.67. The number of carbonyl (C=O) groups excluding carboxylic acids is 1. The molecule has 2 N–H and O–H groups in total. The molecule has 0 spiro atoms. The molecule has 2 aliphatic rings. The van der Waals surface area contributed by atoms with Gasteiger partial charge >= 0.3 is 5.97 Å². The van der Waals surface area contributed by atoms with Crippen LogP contribution in [0.15, 0.2) is 30.3 Å². The number of anilines is 1. The molecular weight excluding hydrogens is 366 g/mol. The number of ether oxygens (including phenoxy) is 4. The maximum absolute atomic E-state index is 12.5. The van der Waals surface area contributed by atoms with Gasteiger partial charge in [-0.3, -0.25) is 4.79 Å². The molecule has 2 aliphatic heterocycles. The van der Waals surface area contributed by atoms with Crippen LogP contribution in [0.25, 0.3) is 0 Å². The molecule has 2 heterocycles. The first kappa shape index (κ1) is 18.0. The van der Waals surface area contributed by atoms with Crippen molar-refractivity contribution in [2.75, 3.05) is 31.7 Å². The maximum atomic E-state index is 12.5. The average Bonchev–Trinajstić information content (AvgIpc) is 2.92. The first-order valence-electron chi connectivity index (χ1n) is 8.95. The van der Waals surface area contributed by atoms with E-state index in [-0.39, 0.29) is 23.6 Å². The number of carboxylic acid groups (broad SMARTS) is 1. The Kier molecular flexibility index (Phi) is 4.92. The van der Waals surface area contributed by atoms with Crippen LogP contribution in [0.4, 0.5) is 5.69 Å². The highest BCUT2D eigenvalue weighted by atomic mass is 16.6. The van der Waals surface area contributed by atoms with E-state index in [0.717, 1.165) is 5.56 Å². The Bertz CT molecular complexity index is 925. The second-order valence-electron chi connectivity index (χ2n) is 6.40. The van der Waals surface area contributed by atoms with E-state index in [1.54, 1.807) is 18.2 Å². The lowest BCUT2D eigenvalue weighted by molar-refractivity contribution is -0.115. The van der Waals surface area contributed by atoms with Crippen LogP contribution in [-0.4, -0.2) is 43.4 Å². The van der Waals surface area contributed by atoms with Crippen LogP contribution in [0, 0.1) is 0 Å². The van der Waals surface area contributed by atoms with Crippen molar-refractivity contribution in [1.82, 2.24) is 0 Å². The SMILES string of the molecule is O=C(Cc1ccc2c(c1)OCCO2)Nc1cc2c(cc1C(=O)O)OCCCO2. The molecule has 0 aliphatic carbocycles. The third kappa shape index (κ3) is 3.80. The molecule has 0 atom stereocenters. The van der Waals surface area contributed by atoms with Crippen LogP contribution < -0.4 is 24.3 Å². The number of aromatic carboxylic acids is 1. The minimum atomic E-state index is -1.16. The van der Waals surface area contributed by atoms with Crippen molar-refractivity contribution < 1.29 is 33.6 Å². The second-order valence-corrected chi connectivity index (χ2v) is 6.40. The van der Waals surface area contributed by atoms with Crippen molar-refractivity contribution in [3.63, 3.8) is 0 Å². The molecule has 28 heavy (non-hydrogen) atoms. The van der Waals surface area contributed by atoms with Crippen LogP contribution in [0.3, 0.4) is 0 Å². The quantitative estimate of drug-likeness (QED) is 0.833. The minimum Gasteiger partial charge on any atom is -0.490 e. The van der Waals surface area contributed by atoms with E-state index in [2.05, 4.69) is 5.32 Å². The molecule has 0 aromatic heterocycles. The fourth-order valence-corrected chi connectivity index (χ4v) is 3.07. The summed E-state index contributed by atoms with van der Waals surface area (Å²) in [6, 6.07) is 8.15. The van der Waals surface area contributed by atoms with Crippen LogP contribution in [0.2, 0.25) is 0 Å². The van der Waals surface area contributed by atoms with Crippen LogP contribution >= 0.6 is 0 Å². The Morgan fingerprint density at radius 2 is 1.50 bits per heavy atom. The van der Waals surface area contributed by atoms with Gasteiger partial charge in [-0.25, -0.2) is 4.79 Å². The van der Waals surface area contributed by atoms with E-state index in [1.807, 2.05) is 0 Å². The van der Waals surface area contributed by atoms with E-state index < -0.39 is 5.97 Å². The molecule has 0 saturated carbocycles. The Hall–Kier alpha value is -3.42. The number of rotatable bonds is 4. The maximum Gasteiger partial charge on any atom is 0.337 e. The molecule has 0 radical (unpaired) electrons. The van der Waals surface area contributed by atoms with Gasteiger partial charge in [-0.05, 0) is 17.7 Å². The van der Waals surface area contributed by atoms with Gasteiger partial charge in [0.05, 0.1) is 30.9 Å². The molecule has 0 fully saturated rings. The fraction of sp³-hybridized carbons (Fsp3) is 0.300. The summed E-state index contributed by atoms with van der Waals surface area (Å²) in [6.07, 6.45) is 0.757.